The molecular formula is C18H29N5O3. The minimum Gasteiger partial charge on any atom is -0.368 e. The average Bonchev–Trinajstić information content (AvgIpc) is 3.20. The second-order valence-corrected chi connectivity index (χ2v) is 6.71. The van der Waals surface area contributed by atoms with E-state index in [1.165, 1.54) is 0 Å². The lowest BCUT2D eigenvalue weighted by atomic mass is 10.1. The van der Waals surface area contributed by atoms with Crippen LogP contribution in [0, 0.1) is 0 Å². The lowest BCUT2D eigenvalue weighted by Crippen LogP contribution is -2.37. The van der Waals surface area contributed by atoms with Gasteiger partial charge in [0.2, 0.25) is 0 Å². The first-order chi connectivity index (χ1) is 12.6. The molecule has 2 aliphatic rings. The highest BCUT2D eigenvalue weighted by Gasteiger charge is 2.45. The van der Waals surface area contributed by atoms with Crippen molar-refractivity contribution < 1.29 is 14.2 Å². The number of nitrogens with zero attached hydrogens (tertiary/aromatic N) is 4. The molecule has 144 valence electrons. The van der Waals surface area contributed by atoms with Crippen LogP contribution in [0.15, 0.2) is 12.7 Å². The molecule has 8 nitrogen and oxygen atoms in total. The van der Waals surface area contributed by atoms with Crippen molar-refractivity contribution in [2.45, 2.75) is 71.7 Å². The van der Waals surface area contributed by atoms with Crippen molar-refractivity contribution >= 4 is 17.0 Å². The van der Waals surface area contributed by atoms with Crippen LogP contribution in [0.3, 0.4) is 0 Å². The number of hydrogen-bond acceptors (Lipinski definition) is 7. The predicted molar refractivity (Wildman–Crippen MR) is 98.9 cm³/mol. The maximum atomic E-state index is 6.00. The Bertz CT molecular complexity index is 733. The van der Waals surface area contributed by atoms with Crippen LogP contribution in [0.1, 0.15) is 53.7 Å². The number of imidazole rings is 1. The van der Waals surface area contributed by atoms with Crippen LogP contribution in [0.25, 0.3) is 11.2 Å². The van der Waals surface area contributed by atoms with Gasteiger partial charge in [0.05, 0.1) is 19.0 Å². The van der Waals surface area contributed by atoms with E-state index in [2.05, 4.69) is 27.2 Å². The average molecular weight is 363 g/mol. The molecule has 0 spiro atoms. The predicted octanol–water partition coefficient (Wildman–Crippen LogP) is 3.11. The van der Waals surface area contributed by atoms with Crippen molar-refractivity contribution in [3.05, 3.63) is 12.7 Å². The molecule has 2 fully saturated rings. The van der Waals surface area contributed by atoms with Gasteiger partial charge in [0, 0.05) is 13.0 Å². The lowest BCUT2D eigenvalue weighted by molar-refractivity contribution is -0.146. The van der Waals surface area contributed by atoms with E-state index in [4.69, 9.17) is 14.2 Å². The summed E-state index contributed by atoms with van der Waals surface area (Å²) < 4.78 is 19.8. The van der Waals surface area contributed by atoms with Crippen LogP contribution in [-0.4, -0.2) is 50.7 Å². The zero-order valence-electron chi connectivity index (χ0n) is 16.2. The highest BCUT2D eigenvalue weighted by molar-refractivity contribution is 5.82. The van der Waals surface area contributed by atoms with E-state index in [-0.39, 0.29) is 18.4 Å². The Morgan fingerprint density at radius 2 is 1.96 bits per heavy atom. The third kappa shape index (κ3) is 3.67. The molecular weight excluding hydrogens is 334 g/mol. The number of ether oxygens (including phenoxy) is 3. The summed E-state index contributed by atoms with van der Waals surface area (Å²) >= 11 is 0. The second-order valence-electron chi connectivity index (χ2n) is 6.71. The normalized spacial score (nSPS) is 26.9. The molecule has 3 atom stereocenters. The number of fused-ring (bicyclic) bond motifs is 2. The number of aromatic nitrogens is 4. The lowest BCUT2D eigenvalue weighted by Gasteiger charge is -2.30. The second kappa shape index (κ2) is 7.85. The molecule has 4 heterocycles. The number of hydrogen-bond donors (Lipinski definition) is 1. The number of anilines is 1. The molecule has 0 saturated carbocycles. The standard InChI is InChI=1S/C16H23N5O3.C2H6/c1-4-5-17-14-13-15(19-8-18-14)21(9-20-13)12-6-10-11(7-22-12)24-16(2,3)23-10;1-2/h8-12H,4-7H2,1-3H3,(H,17,18,19);1-2H3. The van der Waals surface area contributed by atoms with Crippen LogP contribution in [-0.2, 0) is 14.2 Å². The minimum absolute atomic E-state index is 0.0116. The highest BCUT2D eigenvalue weighted by Crippen LogP contribution is 2.37. The van der Waals surface area contributed by atoms with Gasteiger partial charge in [-0.05, 0) is 20.3 Å². The fraction of sp³-hybridized carbons (Fsp3) is 0.722. The smallest absolute Gasteiger partial charge is 0.167 e. The van der Waals surface area contributed by atoms with E-state index in [1.807, 2.05) is 32.3 Å². The van der Waals surface area contributed by atoms with E-state index in [9.17, 15) is 0 Å². The maximum absolute atomic E-state index is 6.00. The van der Waals surface area contributed by atoms with Gasteiger partial charge in [-0.1, -0.05) is 20.8 Å². The van der Waals surface area contributed by atoms with Crippen molar-refractivity contribution in [3.8, 4) is 0 Å². The van der Waals surface area contributed by atoms with Gasteiger partial charge in [0.25, 0.3) is 0 Å². The Balaban J connectivity index is 0.000000948. The summed E-state index contributed by atoms with van der Waals surface area (Å²) in [6, 6.07) is 0. The van der Waals surface area contributed by atoms with Crippen LogP contribution < -0.4 is 5.32 Å². The highest BCUT2D eigenvalue weighted by atomic mass is 16.8. The first kappa shape index (κ1) is 19.0. The van der Waals surface area contributed by atoms with Gasteiger partial charge in [0.15, 0.2) is 22.8 Å². The Morgan fingerprint density at radius 3 is 2.73 bits per heavy atom. The summed E-state index contributed by atoms with van der Waals surface area (Å²) in [4.78, 5) is 13.2. The molecule has 0 aromatic carbocycles. The zero-order chi connectivity index (χ0) is 18.7. The monoisotopic (exact) mass is 363 g/mol. The molecule has 1 N–H and O–H groups in total. The van der Waals surface area contributed by atoms with Gasteiger partial charge in [0.1, 0.15) is 18.7 Å². The van der Waals surface area contributed by atoms with Crippen molar-refractivity contribution in [2.24, 2.45) is 0 Å². The van der Waals surface area contributed by atoms with Crippen LogP contribution in [0.4, 0.5) is 5.82 Å². The van der Waals surface area contributed by atoms with Gasteiger partial charge in [-0.2, -0.15) is 0 Å². The van der Waals surface area contributed by atoms with Gasteiger partial charge in [-0.15, -0.1) is 0 Å². The van der Waals surface area contributed by atoms with Crippen LogP contribution in [0.5, 0.6) is 0 Å². The Kier molecular flexibility index (Phi) is 5.74. The Hall–Kier alpha value is -1.77. The zero-order valence-corrected chi connectivity index (χ0v) is 16.2. The molecule has 0 amide bonds. The van der Waals surface area contributed by atoms with Crippen LogP contribution in [0.2, 0.25) is 0 Å². The van der Waals surface area contributed by atoms with E-state index in [0.717, 1.165) is 29.9 Å². The molecule has 0 bridgehead atoms. The SMILES string of the molecule is CC.CCCNc1ncnc2c1ncn2C1CC2OC(C)(C)OC2CO1. The van der Waals surface area contributed by atoms with Gasteiger partial charge < -0.3 is 19.5 Å². The molecule has 2 saturated heterocycles. The summed E-state index contributed by atoms with van der Waals surface area (Å²) in [5.74, 6) is 0.208. The molecule has 0 radical (unpaired) electrons. The molecule has 2 aliphatic heterocycles. The molecule has 2 aromatic rings. The van der Waals surface area contributed by atoms with Crippen molar-refractivity contribution in [1.29, 1.82) is 0 Å². The van der Waals surface area contributed by atoms with Crippen molar-refractivity contribution in [1.82, 2.24) is 19.5 Å². The van der Waals surface area contributed by atoms with Gasteiger partial charge in [-0.3, -0.25) is 4.57 Å². The first-order valence-corrected chi connectivity index (χ1v) is 9.46. The van der Waals surface area contributed by atoms with Gasteiger partial charge in [-0.25, -0.2) is 15.0 Å². The summed E-state index contributed by atoms with van der Waals surface area (Å²) in [6.45, 7) is 11.3. The van der Waals surface area contributed by atoms with Crippen LogP contribution >= 0.6 is 0 Å². The third-order valence-corrected chi connectivity index (χ3v) is 4.38. The van der Waals surface area contributed by atoms with E-state index in [1.54, 1.807) is 12.7 Å². The van der Waals surface area contributed by atoms with Crippen molar-refractivity contribution in [2.75, 3.05) is 18.5 Å². The molecule has 26 heavy (non-hydrogen) atoms. The van der Waals surface area contributed by atoms with E-state index >= 15 is 0 Å². The summed E-state index contributed by atoms with van der Waals surface area (Å²) in [5.41, 5.74) is 1.53. The fourth-order valence-electron chi connectivity index (χ4n) is 3.35. The molecule has 4 rings (SSSR count). The summed E-state index contributed by atoms with van der Waals surface area (Å²) in [6.07, 6.45) is 4.90. The van der Waals surface area contributed by atoms with Crippen molar-refractivity contribution in [3.63, 3.8) is 0 Å². The molecule has 2 aromatic heterocycles. The maximum Gasteiger partial charge on any atom is 0.167 e. The Labute approximate surface area is 154 Å². The quantitative estimate of drug-likeness (QED) is 0.893. The third-order valence-electron chi connectivity index (χ3n) is 4.38. The van der Waals surface area contributed by atoms with Gasteiger partial charge >= 0.3 is 0 Å². The van der Waals surface area contributed by atoms with E-state index in [0.29, 0.717) is 13.0 Å². The summed E-state index contributed by atoms with van der Waals surface area (Å²) in [5, 5.41) is 3.29. The summed E-state index contributed by atoms with van der Waals surface area (Å²) in [7, 11) is 0. The topological polar surface area (TPSA) is 83.3 Å². The first-order valence-electron chi connectivity index (χ1n) is 9.46. The molecule has 0 aliphatic carbocycles. The minimum atomic E-state index is -0.552. The Morgan fingerprint density at radius 1 is 1.19 bits per heavy atom. The number of nitrogens with one attached hydrogen (secondary N) is 1. The fourth-order valence-corrected chi connectivity index (χ4v) is 3.35. The largest absolute Gasteiger partial charge is 0.368 e. The van der Waals surface area contributed by atoms with E-state index < -0.39 is 5.79 Å². The number of rotatable bonds is 4. The molecule has 3 unspecified atom stereocenters. The molecule has 8 heteroatoms.